The zero-order chi connectivity index (χ0) is 26.7. The van der Waals surface area contributed by atoms with E-state index in [9.17, 15) is 5.11 Å². The van der Waals surface area contributed by atoms with Gasteiger partial charge in [-0.05, 0) is 45.3 Å². The smallest absolute Gasteiger partial charge is 0.182 e. The number of hydrogen-bond acceptors (Lipinski definition) is 7. The van der Waals surface area contributed by atoms with Crippen molar-refractivity contribution in [1.82, 2.24) is 25.0 Å². The molecule has 4 aromatic rings. The number of H-pyrrole nitrogens is 1. The first-order valence-corrected chi connectivity index (χ1v) is 12.7. The summed E-state index contributed by atoms with van der Waals surface area (Å²) in [7, 11) is 3.64. The van der Waals surface area contributed by atoms with E-state index >= 15 is 4.39 Å². The van der Waals surface area contributed by atoms with Crippen LogP contribution in [0.5, 0.6) is 17.2 Å². The topological polar surface area (TPSA) is 86.7 Å². The van der Waals surface area contributed by atoms with Gasteiger partial charge in [-0.2, -0.15) is 5.10 Å². The van der Waals surface area contributed by atoms with E-state index < -0.39 is 5.82 Å². The van der Waals surface area contributed by atoms with Crippen molar-refractivity contribution in [1.29, 1.82) is 0 Å². The number of halogens is 2. The number of rotatable bonds is 11. The van der Waals surface area contributed by atoms with Gasteiger partial charge in [0.05, 0.1) is 23.2 Å². The summed E-state index contributed by atoms with van der Waals surface area (Å²) in [5.41, 5.74) is 2.03. The molecule has 0 radical (unpaired) electrons. The zero-order valence-corrected chi connectivity index (χ0v) is 22.6. The van der Waals surface area contributed by atoms with Crippen LogP contribution in [0.2, 0.25) is 5.02 Å². The first-order chi connectivity index (χ1) is 17.8. The lowest BCUT2D eigenvalue weighted by Gasteiger charge is -2.24. The zero-order valence-electron chi connectivity index (χ0n) is 21.9. The number of nitrogens with one attached hydrogen (secondary N) is 1. The molecule has 2 N–H and O–H groups in total. The summed E-state index contributed by atoms with van der Waals surface area (Å²) in [5, 5.41) is 18.7. The SMILES string of the molecule is CCN(C)CCN(CC)CCOc1cc(F)c2c(-c3ccc(O)c(Cl)c3)nc3n[nH]c(C)c3c2c1OC. The largest absolute Gasteiger partial charge is 0.506 e. The van der Waals surface area contributed by atoms with Crippen molar-refractivity contribution in [3.8, 4) is 28.5 Å². The Bertz CT molecular complexity index is 1410. The highest BCUT2D eigenvalue weighted by Gasteiger charge is 2.24. The molecule has 0 aliphatic rings. The number of hydrogen-bond donors (Lipinski definition) is 2. The minimum Gasteiger partial charge on any atom is -0.506 e. The fourth-order valence-corrected chi connectivity index (χ4v) is 4.57. The number of aromatic nitrogens is 3. The Morgan fingerprint density at radius 3 is 2.54 bits per heavy atom. The van der Waals surface area contributed by atoms with Gasteiger partial charge in [0.15, 0.2) is 17.1 Å². The van der Waals surface area contributed by atoms with E-state index in [0.717, 1.165) is 31.9 Å². The number of likely N-dealkylation sites (N-methyl/N-ethyl adjacent to an activating group) is 2. The number of fused-ring (bicyclic) bond motifs is 3. The van der Waals surface area contributed by atoms with Crippen molar-refractivity contribution in [2.45, 2.75) is 20.8 Å². The molecule has 0 saturated heterocycles. The molecule has 0 aliphatic heterocycles. The van der Waals surface area contributed by atoms with E-state index in [1.807, 2.05) is 6.92 Å². The van der Waals surface area contributed by atoms with Gasteiger partial charge in [0.25, 0.3) is 0 Å². The standard InChI is InChI=1S/C27H33ClFN5O3/c1-6-33(4)10-11-34(7-2)12-13-37-21-15-19(29)23-24(26(21)36-5)22-16(3)31-32-27(22)30-25(23)17-8-9-20(35)18(28)14-17/h8-9,14-15,35H,6-7,10-13H2,1-5H3,(H,30,31,32). The molecule has 2 aromatic heterocycles. The van der Waals surface area contributed by atoms with E-state index in [4.69, 9.17) is 21.1 Å². The van der Waals surface area contributed by atoms with E-state index in [0.29, 0.717) is 52.3 Å². The normalized spacial score (nSPS) is 11.8. The molecule has 8 nitrogen and oxygen atoms in total. The highest BCUT2D eigenvalue weighted by molar-refractivity contribution is 6.32. The van der Waals surface area contributed by atoms with Crippen LogP contribution in [0.3, 0.4) is 0 Å². The van der Waals surface area contributed by atoms with Crippen molar-refractivity contribution in [2.75, 3.05) is 53.5 Å². The summed E-state index contributed by atoms with van der Waals surface area (Å²) in [6.45, 7) is 11.0. The number of nitrogens with zero attached hydrogens (tertiary/aromatic N) is 4. The van der Waals surface area contributed by atoms with E-state index in [-0.39, 0.29) is 16.2 Å². The first kappa shape index (κ1) is 26.9. The van der Waals surface area contributed by atoms with Crippen molar-refractivity contribution >= 4 is 33.4 Å². The molecule has 4 rings (SSSR count). The number of ether oxygens (including phenoxy) is 2. The van der Waals surface area contributed by atoms with Gasteiger partial charge in [-0.25, -0.2) is 9.37 Å². The maximum atomic E-state index is 15.9. The number of aromatic hydroxyl groups is 1. The fourth-order valence-electron chi connectivity index (χ4n) is 4.39. The molecule has 0 unspecified atom stereocenters. The molecule has 2 aromatic carbocycles. The average Bonchev–Trinajstić information content (AvgIpc) is 3.27. The number of aromatic amines is 1. The highest BCUT2D eigenvalue weighted by atomic mass is 35.5. The van der Waals surface area contributed by atoms with E-state index in [2.05, 4.69) is 45.9 Å². The van der Waals surface area contributed by atoms with Crippen LogP contribution in [-0.2, 0) is 0 Å². The number of aryl methyl sites for hydroxylation is 1. The molecule has 0 atom stereocenters. The van der Waals surface area contributed by atoms with Gasteiger partial charge in [-0.3, -0.25) is 10.00 Å². The Labute approximate surface area is 220 Å². The predicted molar refractivity (Wildman–Crippen MR) is 146 cm³/mol. The maximum absolute atomic E-state index is 15.9. The molecular formula is C27H33ClFN5O3. The van der Waals surface area contributed by atoms with Gasteiger partial charge in [0.1, 0.15) is 18.2 Å². The van der Waals surface area contributed by atoms with Crippen molar-refractivity contribution in [3.05, 3.63) is 40.8 Å². The van der Waals surface area contributed by atoms with Gasteiger partial charge >= 0.3 is 0 Å². The third kappa shape index (κ3) is 5.44. The van der Waals surface area contributed by atoms with Gasteiger partial charge in [-0.1, -0.05) is 25.4 Å². The highest BCUT2D eigenvalue weighted by Crippen LogP contribution is 2.45. The minimum atomic E-state index is -0.503. The summed E-state index contributed by atoms with van der Waals surface area (Å²) in [5.74, 6) is 0.157. The van der Waals surface area contributed by atoms with Crippen LogP contribution in [0.1, 0.15) is 19.5 Å². The summed E-state index contributed by atoms with van der Waals surface area (Å²) in [4.78, 5) is 9.20. The third-order valence-electron chi connectivity index (χ3n) is 6.71. The molecule has 0 aliphatic carbocycles. The monoisotopic (exact) mass is 529 g/mol. The molecule has 0 bridgehead atoms. The lowest BCUT2D eigenvalue weighted by atomic mass is 9.99. The number of phenols is 1. The second-order valence-corrected chi connectivity index (χ2v) is 9.40. The van der Waals surface area contributed by atoms with Crippen molar-refractivity contribution in [3.63, 3.8) is 0 Å². The first-order valence-electron chi connectivity index (χ1n) is 12.4. The number of methoxy groups -OCH3 is 1. The Kier molecular flexibility index (Phi) is 8.36. The van der Waals surface area contributed by atoms with Crippen LogP contribution in [0.15, 0.2) is 24.3 Å². The molecule has 0 saturated carbocycles. The van der Waals surface area contributed by atoms with Crippen molar-refractivity contribution in [2.24, 2.45) is 0 Å². The van der Waals surface area contributed by atoms with Crippen LogP contribution in [0.4, 0.5) is 4.39 Å². The van der Waals surface area contributed by atoms with Gasteiger partial charge in [0, 0.05) is 47.7 Å². The number of pyridine rings is 1. The Morgan fingerprint density at radius 2 is 1.86 bits per heavy atom. The summed E-state index contributed by atoms with van der Waals surface area (Å²) < 4.78 is 27.8. The predicted octanol–water partition coefficient (Wildman–Crippen LogP) is 5.25. The molecule has 37 heavy (non-hydrogen) atoms. The molecule has 0 spiro atoms. The molecular weight excluding hydrogens is 497 g/mol. The lowest BCUT2D eigenvalue weighted by molar-refractivity contribution is 0.192. The second-order valence-electron chi connectivity index (χ2n) is 8.99. The number of benzene rings is 2. The average molecular weight is 530 g/mol. The minimum absolute atomic E-state index is 0.0670. The Balaban J connectivity index is 1.77. The fraction of sp³-hybridized carbons (Fsp3) is 0.407. The molecule has 198 valence electrons. The van der Waals surface area contributed by atoms with Crippen LogP contribution in [0, 0.1) is 12.7 Å². The maximum Gasteiger partial charge on any atom is 0.182 e. The Morgan fingerprint density at radius 1 is 1.08 bits per heavy atom. The lowest BCUT2D eigenvalue weighted by Crippen LogP contribution is -2.35. The quantitative estimate of drug-likeness (QED) is 0.274. The van der Waals surface area contributed by atoms with E-state index in [1.165, 1.54) is 19.2 Å². The summed E-state index contributed by atoms with van der Waals surface area (Å²) in [6, 6.07) is 5.99. The van der Waals surface area contributed by atoms with Gasteiger partial charge < -0.3 is 19.5 Å². The summed E-state index contributed by atoms with van der Waals surface area (Å²) in [6.07, 6.45) is 0. The Hall–Kier alpha value is -3.14. The molecule has 0 fully saturated rings. The van der Waals surface area contributed by atoms with Crippen molar-refractivity contribution < 1.29 is 19.0 Å². The second kappa shape index (κ2) is 11.5. The van der Waals surface area contributed by atoms with Crippen LogP contribution >= 0.6 is 11.6 Å². The van der Waals surface area contributed by atoms with Gasteiger partial charge in [0.2, 0.25) is 0 Å². The van der Waals surface area contributed by atoms with Crippen LogP contribution in [0.25, 0.3) is 33.1 Å². The van der Waals surface area contributed by atoms with Crippen LogP contribution < -0.4 is 9.47 Å². The molecule has 0 amide bonds. The van der Waals surface area contributed by atoms with Crippen LogP contribution in [-0.4, -0.2) is 83.6 Å². The number of phenolic OH excluding ortho intramolecular Hbond substituents is 1. The molecule has 10 heteroatoms. The molecule has 2 heterocycles. The summed E-state index contributed by atoms with van der Waals surface area (Å²) >= 11 is 6.16. The van der Waals surface area contributed by atoms with Gasteiger partial charge in [-0.15, -0.1) is 0 Å². The van der Waals surface area contributed by atoms with E-state index in [1.54, 1.807) is 12.1 Å². The third-order valence-corrected chi connectivity index (χ3v) is 7.01.